The van der Waals surface area contributed by atoms with E-state index < -0.39 is 22.9 Å². The van der Waals surface area contributed by atoms with Crippen LogP contribution in [0.2, 0.25) is 0 Å². The van der Waals surface area contributed by atoms with Crippen LogP contribution in [0.25, 0.3) is 0 Å². The summed E-state index contributed by atoms with van der Waals surface area (Å²) in [6.45, 7) is 2.72. The van der Waals surface area contributed by atoms with Gasteiger partial charge < -0.3 is 9.26 Å². The van der Waals surface area contributed by atoms with E-state index in [2.05, 4.69) is 17.4 Å². The lowest BCUT2D eigenvalue weighted by Crippen LogP contribution is -2.43. The van der Waals surface area contributed by atoms with E-state index in [-0.39, 0.29) is 12.8 Å². The summed E-state index contributed by atoms with van der Waals surface area (Å²) in [6.07, 6.45) is 3.85. The van der Waals surface area contributed by atoms with Crippen molar-refractivity contribution in [3.8, 4) is 0 Å². The fraction of sp³-hybridized carbons (Fsp3) is 0.579. The summed E-state index contributed by atoms with van der Waals surface area (Å²) in [5.41, 5.74) is 1.23. The van der Waals surface area contributed by atoms with E-state index in [0.717, 1.165) is 19.3 Å². The van der Waals surface area contributed by atoms with Crippen LogP contribution < -0.4 is 5.32 Å². The Hall–Kier alpha value is -0.760. The Morgan fingerprint density at radius 1 is 1.26 bits per heavy atom. The third-order valence-corrected chi connectivity index (χ3v) is 8.25. The third kappa shape index (κ3) is 7.29. The maximum Gasteiger partial charge on any atom is 0.344 e. The van der Waals surface area contributed by atoms with Gasteiger partial charge in [0.15, 0.2) is 3.55 Å². The first-order valence-electron chi connectivity index (χ1n) is 9.32. The largest absolute Gasteiger partial charge is 0.391 e. The fourth-order valence-electron chi connectivity index (χ4n) is 3.05. The number of hydrogen-bond acceptors (Lipinski definition) is 6. The third-order valence-electron chi connectivity index (χ3n) is 4.42. The van der Waals surface area contributed by atoms with Crippen LogP contribution in [0.15, 0.2) is 30.3 Å². The smallest absolute Gasteiger partial charge is 0.344 e. The van der Waals surface area contributed by atoms with Gasteiger partial charge in [-0.15, -0.1) is 0 Å². The van der Waals surface area contributed by atoms with Gasteiger partial charge in [0.05, 0.1) is 6.61 Å². The van der Waals surface area contributed by atoms with Gasteiger partial charge >= 0.3 is 11.9 Å². The minimum absolute atomic E-state index is 0.259. The zero-order chi connectivity index (χ0) is 19.8. The minimum atomic E-state index is -3.16. The van der Waals surface area contributed by atoms with Crippen LogP contribution in [0.5, 0.6) is 0 Å². The number of esters is 2. The van der Waals surface area contributed by atoms with Crippen molar-refractivity contribution in [1.82, 2.24) is 5.32 Å². The van der Waals surface area contributed by atoms with E-state index in [0.29, 0.717) is 25.5 Å². The second-order valence-electron chi connectivity index (χ2n) is 6.65. The number of carbonyl (C=O) groups excluding carboxylic acids is 2. The second-order valence-corrected chi connectivity index (χ2v) is 11.1. The van der Waals surface area contributed by atoms with Crippen molar-refractivity contribution in [2.45, 2.75) is 42.6 Å². The highest BCUT2D eigenvalue weighted by Gasteiger charge is 2.41. The van der Waals surface area contributed by atoms with Crippen molar-refractivity contribution in [2.75, 3.05) is 25.5 Å². The molecule has 1 aliphatic rings. The molecule has 0 aliphatic carbocycles. The molecule has 1 saturated heterocycles. The minimum Gasteiger partial charge on any atom is -0.391 e. The molecule has 2 rings (SSSR count). The predicted octanol–water partition coefficient (Wildman–Crippen LogP) is 3.91. The van der Waals surface area contributed by atoms with Crippen LogP contribution in [-0.2, 0) is 29.8 Å². The molecule has 0 amide bonds. The molecule has 1 aromatic rings. The standard InChI is InChI=1S/C19H27INO5P/c1-2-25-27(24,14-7-6-11-16-9-4-3-5-10-16)15-17(22)26-18(23)19(20)12-8-13-21-19/h3-5,9-10,21H,2,6-8,11-15H2,1H3/t19-,27?/m0/s1. The second kappa shape index (κ2) is 10.7. The van der Waals surface area contributed by atoms with E-state index in [9.17, 15) is 14.2 Å². The first kappa shape index (κ1) is 22.5. The molecule has 0 aromatic heterocycles. The van der Waals surface area contributed by atoms with Crippen LogP contribution in [0.1, 0.15) is 38.2 Å². The van der Waals surface area contributed by atoms with Crippen LogP contribution in [0.4, 0.5) is 0 Å². The van der Waals surface area contributed by atoms with E-state index in [1.165, 1.54) is 5.56 Å². The number of nitrogens with one attached hydrogen (secondary N) is 1. The summed E-state index contributed by atoms with van der Waals surface area (Å²) in [5, 5.41) is 3.04. The molecule has 150 valence electrons. The molecule has 0 spiro atoms. The number of unbranched alkanes of at least 4 members (excludes halogenated alkanes) is 1. The molecule has 1 aliphatic heterocycles. The highest BCUT2D eigenvalue weighted by Crippen LogP contribution is 2.47. The number of alkyl halides is 1. The molecule has 0 radical (unpaired) electrons. The first-order valence-corrected chi connectivity index (χ1v) is 12.4. The highest BCUT2D eigenvalue weighted by molar-refractivity contribution is 14.1. The molecule has 2 atom stereocenters. The predicted molar refractivity (Wildman–Crippen MR) is 113 cm³/mol. The van der Waals surface area contributed by atoms with E-state index in [1.54, 1.807) is 6.92 Å². The topological polar surface area (TPSA) is 81.7 Å². The Labute approximate surface area is 174 Å². The fourth-order valence-corrected chi connectivity index (χ4v) is 5.82. The number of rotatable bonds is 10. The highest BCUT2D eigenvalue weighted by atomic mass is 127. The van der Waals surface area contributed by atoms with E-state index in [1.807, 2.05) is 40.8 Å². The Morgan fingerprint density at radius 2 is 2.00 bits per heavy atom. The average molecular weight is 507 g/mol. The van der Waals surface area contributed by atoms with Gasteiger partial charge in [-0.1, -0.05) is 30.3 Å². The molecule has 0 bridgehead atoms. The summed E-state index contributed by atoms with van der Waals surface area (Å²) in [7, 11) is -3.16. The van der Waals surface area contributed by atoms with Gasteiger partial charge in [-0.05, 0) is 73.7 Å². The van der Waals surface area contributed by atoms with Gasteiger partial charge in [-0.2, -0.15) is 0 Å². The average Bonchev–Trinajstić information content (AvgIpc) is 3.08. The molecule has 1 heterocycles. The molecule has 1 N–H and O–H groups in total. The van der Waals surface area contributed by atoms with Gasteiger partial charge in [0.2, 0.25) is 7.37 Å². The van der Waals surface area contributed by atoms with Crippen molar-refractivity contribution in [1.29, 1.82) is 0 Å². The van der Waals surface area contributed by atoms with Crippen molar-refractivity contribution >= 4 is 41.9 Å². The lowest BCUT2D eigenvalue weighted by atomic mass is 10.1. The maximum absolute atomic E-state index is 13.0. The molecular weight excluding hydrogens is 480 g/mol. The Balaban J connectivity index is 1.82. The Kier molecular flexibility index (Phi) is 8.92. The molecular formula is C19H27INO5P. The normalized spacial score (nSPS) is 21.6. The molecule has 1 aromatic carbocycles. The molecule has 1 fully saturated rings. The van der Waals surface area contributed by atoms with E-state index in [4.69, 9.17) is 9.26 Å². The summed E-state index contributed by atoms with van der Waals surface area (Å²) in [5.74, 6) is -1.39. The number of hydrogen-bond donors (Lipinski definition) is 1. The quantitative estimate of drug-likeness (QED) is 0.0985. The number of halogens is 1. The van der Waals surface area contributed by atoms with Gasteiger partial charge in [-0.25, -0.2) is 4.79 Å². The maximum atomic E-state index is 13.0. The zero-order valence-electron chi connectivity index (χ0n) is 15.6. The van der Waals surface area contributed by atoms with Crippen LogP contribution in [0, 0.1) is 0 Å². The van der Waals surface area contributed by atoms with E-state index >= 15 is 0 Å². The van der Waals surface area contributed by atoms with Crippen molar-refractivity contribution in [3.63, 3.8) is 0 Å². The van der Waals surface area contributed by atoms with Crippen LogP contribution in [-0.4, -0.2) is 41.0 Å². The SMILES string of the molecule is CCOP(=O)(CCCCc1ccccc1)CC(=O)OC(=O)[C@]1(I)CCCN1. The van der Waals surface area contributed by atoms with Crippen LogP contribution in [0.3, 0.4) is 0 Å². The number of carbonyl (C=O) groups is 2. The van der Waals surface area contributed by atoms with Gasteiger partial charge in [0, 0.05) is 6.16 Å². The van der Waals surface area contributed by atoms with Gasteiger partial charge in [0.1, 0.15) is 6.16 Å². The van der Waals surface area contributed by atoms with Crippen LogP contribution >= 0.6 is 30.0 Å². The number of aryl methyl sites for hydroxylation is 1. The summed E-state index contributed by atoms with van der Waals surface area (Å²) in [6, 6.07) is 10.1. The van der Waals surface area contributed by atoms with Gasteiger partial charge in [0.25, 0.3) is 0 Å². The Morgan fingerprint density at radius 3 is 2.63 bits per heavy atom. The Bertz CT molecular complexity index is 676. The lowest BCUT2D eigenvalue weighted by molar-refractivity contribution is -0.159. The molecule has 6 nitrogen and oxygen atoms in total. The molecule has 27 heavy (non-hydrogen) atoms. The molecule has 8 heteroatoms. The van der Waals surface area contributed by atoms with Crippen molar-refractivity contribution in [2.24, 2.45) is 0 Å². The lowest BCUT2D eigenvalue weighted by Gasteiger charge is -2.20. The van der Waals surface area contributed by atoms with Crippen molar-refractivity contribution in [3.05, 3.63) is 35.9 Å². The summed E-state index contributed by atoms with van der Waals surface area (Å²) >= 11 is 1.97. The zero-order valence-corrected chi connectivity index (χ0v) is 18.7. The van der Waals surface area contributed by atoms with Crippen molar-refractivity contribution < 1.29 is 23.4 Å². The first-order chi connectivity index (χ1) is 12.9. The monoisotopic (exact) mass is 507 g/mol. The van der Waals surface area contributed by atoms with Gasteiger partial charge in [-0.3, -0.25) is 14.7 Å². The number of benzene rings is 1. The molecule has 0 saturated carbocycles. The number of ether oxygens (including phenoxy) is 1. The molecule has 1 unspecified atom stereocenters. The summed E-state index contributed by atoms with van der Waals surface area (Å²) in [4.78, 5) is 24.4. The summed E-state index contributed by atoms with van der Waals surface area (Å²) < 4.78 is 22.5.